The molecule has 1 saturated heterocycles. The number of para-hydroxylation sites is 1. The average molecular weight is 429 g/mol. The van der Waals surface area contributed by atoms with Gasteiger partial charge in [-0.2, -0.15) is 0 Å². The number of hydrogen-bond acceptors (Lipinski definition) is 6. The Hall–Kier alpha value is -2.91. The summed E-state index contributed by atoms with van der Waals surface area (Å²) in [4.78, 5) is 23.4. The highest BCUT2D eigenvalue weighted by atomic mass is 16.5. The Kier molecular flexibility index (Phi) is 6.83. The Balaban J connectivity index is 0.00000289. The van der Waals surface area contributed by atoms with E-state index in [1.165, 1.54) is 0 Å². The lowest BCUT2D eigenvalue weighted by Gasteiger charge is -2.26. The minimum atomic E-state index is -0.0120. The van der Waals surface area contributed by atoms with Gasteiger partial charge in [0.25, 0.3) is 0 Å². The van der Waals surface area contributed by atoms with Crippen LogP contribution >= 0.6 is 0 Å². The van der Waals surface area contributed by atoms with Crippen molar-refractivity contribution in [2.45, 2.75) is 25.8 Å². The summed E-state index contributed by atoms with van der Waals surface area (Å²) in [5, 5.41) is 4.06. The Labute approximate surface area is 183 Å². The van der Waals surface area contributed by atoms with Crippen molar-refractivity contribution in [1.29, 1.82) is 0 Å². The van der Waals surface area contributed by atoms with Crippen molar-refractivity contribution in [1.82, 2.24) is 24.8 Å². The minimum absolute atomic E-state index is 0. The number of unbranched alkanes of at least 4 members (excludes halogenated alkanes) is 1. The van der Waals surface area contributed by atoms with E-state index < -0.39 is 0 Å². The van der Waals surface area contributed by atoms with Crippen LogP contribution < -0.4 is 11.1 Å². The van der Waals surface area contributed by atoms with E-state index in [4.69, 9.17) is 20.2 Å². The number of urea groups is 1. The Bertz CT molecular complexity index is 1050. The predicted molar refractivity (Wildman–Crippen MR) is 122 cm³/mol. The highest BCUT2D eigenvalue weighted by molar-refractivity contribution is 6.06. The van der Waals surface area contributed by atoms with Crippen LogP contribution in [0, 0.1) is 0 Å². The van der Waals surface area contributed by atoms with E-state index >= 15 is 0 Å². The monoisotopic (exact) mass is 428 g/mol. The molecule has 9 nitrogen and oxygen atoms in total. The molecule has 3 N–H and O–H groups in total. The van der Waals surface area contributed by atoms with Crippen LogP contribution in [0.5, 0.6) is 0 Å². The summed E-state index contributed by atoms with van der Waals surface area (Å²) in [6, 6.07) is 7.99. The Morgan fingerprint density at radius 2 is 2.06 bits per heavy atom. The van der Waals surface area contributed by atoms with E-state index in [0.717, 1.165) is 47.1 Å². The number of aryl methyl sites for hydroxylation is 1. The van der Waals surface area contributed by atoms with Crippen LogP contribution in [0.1, 0.15) is 20.1 Å². The number of imidazole rings is 1. The summed E-state index contributed by atoms with van der Waals surface area (Å²) in [6.07, 6.45) is 2.48. The zero-order valence-electron chi connectivity index (χ0n) is 18.0. The van der Waals surface area contributed by atoms with Crippen LogP contribution in [0.15, 0.2) is 24.3 Å². The second-order valence-electron chi connectivity index (χ2n) is 7.67. The first-order valence-corrected chi connectivity index (χ1v) is 10.8. The number of hydrogen-bond donors (Lipinski definition) is 2. The number of morpholine rings is 1. The third-order valence-corrected chi connectivity index (χ3v) is 5.60. The van der Waals surface area contributed by atoms with Gasteiger partial charge in [-0.05, 0) is 18.9 Å². The van der Waals surface area contributed by atoms with E-state index in [2.05, 4.69) is 20.9 Å². The third kappa shape index (κ3) is 4.72. The number of benzene rings is 1. The molecule has 1 fully saturated rings. The van der Waals surface area contributed by atoms with E-state index in [-0.39, 0.29) is 7.46 Å². The molecule has 0 bridgehead atoms. The SMILES string of the molecule is COCCc1nc2c(N)nc3ccccc3c2n1CCCCNC(=O)N1CCOCC1.[HH]. The lowest BCUT2D eigenvalue weighted by Crippen LogP contribution is -2.46. The molecule has 2 aromatic heterocycles. The lowest BCUT2D eigenvalue weighted by molar-refractivity contribution is 0.0532. The van der Waals surface area contributed by atoms with Gasteiger partial charge in [-0.25, -0.2) is 14.8 Å². The maximum Gasteiger partial charge on any atom is 0.317 e. The molecule has 0 atom stereocenters. The lowest BCUT2D eigenvalue weighted by atomic mass is 10.2. The maximum atomic E-state index is 12.2. The molecule has 0 unspecified atom stereocenters. The van der Waals surface area contributed by atoms with Gasteiger partial charge in [0.15, 0.2) is 5.82 Å². The number of anilines is 1. The first kappa shape index (κ1) is 21.3. The summed E-state index contributed by atoms with van der Waals surface area (Å²) in [6.45, 7) is 4.53. The van der Waals surface area contributed by atoms with Crippen LogP contribution in [0.3, 0.4) is 0 Å². The van der Waals surface area contributed by atoms with Crippen molar-refractivity contribution in [3.63, 3.8) is 0 Å². The maximum absolute atomic E-state index is 12.2. The number of methoxy groups -OCH3 is 1. The minimum Gasteiger partial charge on any atom is -0.384 e. The quantitative estimate of drug-likeness (QED) is 0.534. The Morgan fingerprint density at radius 3 is 2.87 bits per heavy atom. The van der Waals surface area contributed by atoms with Crippen LogP contribution in [0.4, 0.5) is 10.6 Å². The number of fused-ring (bicyclic) bond motifs is 3. The summed E-state index contributed by atoms with van der Waals surface area (Å²) in [7, 11) is 1.69. The van der Waals surface area contributed by atoms with Gasteiger partial charge in [0.2, 0.25) is 0 Å². The summed E-state index contributed by atoms with van der Waals surface area (Å²) in [5.74, 6) is 1.39. The molecule has 9 heteroatoms. The van der Waals surface area contributed by atoms with Gasteiger partial charge in [0.05, 0.1) is 30.9 Å². The van der Waals surface area contributed by atoms with Crippen LogP contribution in [0.25, 0.3) is 21.9 Å². The van der Waals surface area contributed by atoms with Crippen molar-refractivity contribution >= 4 is 33.8 Å². The molecule has 3 aromatic rings. The molecule has 1 aliphatic heterocycles. The second kappa shape index (κ2) is 9.93. The molecular formula is C22H32N6O3. The third-order valence-electron chi connectivity index (χ3n) is 5.60. The van der Waals surface area contributed by atoms with Crippen molar-refractivity contribution in [2.75, 3.05) is 52.3 Å². The molecule has 0 radical (unpaired) electrons. The number of nitrogens with zero attached hydrogens (tertiary/aromatic N) is 4. The number of nitrogens with one attached hydrogen (secondary N) is 1. The van der Waals surface area contributed by atoms with E-state index in [1.807, 2.05) is 18.2 Å². The first-order valence-electron chi connectivity index (χ1n) is 10.8. The zero-order valence-corrected chi connectivity index (χ0v) is 18.0. The van der Waals surface area contributed by atoms with E-state index in [9.17, 15) is 4.79 Å². The molecule has 2 amide bonds. The fraction of sp³-hybridized carbons (Fsp3) is 0.500. The molecule has 168 valence electrons. The van der Waals surface area contributed by atoms with E-state index in [0.29, 0.717) is 51.7 Å². The molecule has 4 rings (SSSR count). The highest BCUT2D eigenvalue weighted by Gasteiger charge is 2.18. The smallest absolute Gasteiger partial charge is 0.317 e. The summed E-state index contributed by atoms with van der Waals surface area (Å²) < 4.78 is 12.8. The van der Waals surface area contributed by atoms with Gasteiger partial charge < -0.3 is 30.0 Å². The number of rotatable bonds is 8. The number of amides is 2. The highest BCUT2D eigenvalue weighted by Crippen LogP contribution is 2.29. The number of aromatic nitrogens is 3. The van der Waals surface area contributed by atoms with E-state index in [1.54, 1.807) is 12.0 Å². The first-order chi connectivity index (χ1) is 15.2. The van der Waals surface area contributed by atoms with Crippen molar-refractivity contribution < 1.29 is 15.7 Å². The van der Waals surface area contributed by atoms with Gasteiger partial charge in [-0.3, -0.25) is 0 Å². The average Bonchev–Trinajstić information content (AvgIpc) is 3.17. The van der Waals surface area contributed by atoms with Crippen molar-refractivity contribution in [3.05, 3.63) is 30.1 Å². The van der Waals surface area contributed by atoms with Crippen molar-refractivity contribution in [3.8, 4) is 0 Å². The zero-order chi connectivity index (χ0) is 21.6. The predicted octanol–water partition coefficient (Wildman–Crippen LogP) is 2.42. The Morgan fingerprint density at radius 1 is 1.26 bits per heavy atom. The molecule has 0 saturated carbocycles. The number of pyridine rings is 1. The number of carbonyl (C=O) groups is 1. The summed E-state index contributed by atoms with van der Waals surface area (Å²) in [5.41, 5.74) is 8.86. The second-order valence-corrected chi connectivity index (χ2v) is 7.67. The van der Waals surface area contributed by atoms with Crippen LogP contribution in [0.2, 0.25) is 0 Å². The van der Waals surface area contributed by atoms with Crippen LogP contribution in [-0.2, 0) is 22.4 Å². The largest absolute Gasteiger partial charge is 0.384 e. The number of nitrogens with two attached hydrogens (primary N) is 1. The normalized spacial score (nSPS) is 14.4. The van der Waals surface area contributed by atoms with Gasteiger partial charge in [-0.15, -0.1) is 0 Å². The van der Waals surface area contributed by atoms with Gasteiger partial charge in [0.1, 0.15) is 11.3 Å². The fourth-order valence-corrected chi connectivity index (χ4v) is 4.00. The van der Waals surface area contributed by atoms with Crippen molar-refractivity contribution in [2.24, 2.45) is 0 Å². The molecule has 1 aromatic carbocycles. The molecular weight excluding hydrogens is 396 g/mol. The van der Waals surface area contributed by atoms with Gasteiger partial charge >= 0.3 is 6.03 Å². The molecule has 3 heterocycles. The molecule has 31 heavy (non-hydrogen) atoms. The molecule has 0 aliphatic carbocycles. The summed E-state index contributed by atoms with van der Waals surface area (Å²) >= 11 is 0. The number of nitrogen functional groups attached to an aromatic ring is 1. The number of carbonyl (C=O) groups excluding carboxylic acids is 1. The van der Waals surface area contributed by atoms with Crippen LogP contribution in [-0.4, -0.2) is 72.0 Å². The number of ether oxygens (including phenoxy) is 2. The van der Waals surface area contributed by atoms with Gasteiger partial charge in [-0.1, -0.05) is 18.2 Å². The topological polar surface area (TPSA) is 108 Å². The molecule has 1 aliphatic rings. The van der Waals surface area contributed by atoms with Gasteiger partial charge in [0, 0.05) is 46.5 Å². The molecule has 0 spiro atoms. The standard InChI is InChI=1S/C22H30N6O3.H2/c1-30-13-8-18-26-19-20(16-6-2-3-7-17(16)25-21(19)23)28(18)10-5-4-9-24-22(29)27-11-14-31-15-12-27;/h2-3,6-7H,4-5,8-15H2,1H3,(H2,23,25)(H,24,29);1H. The fourth-order valence-electron chi connectivity index (χ4n) is 4.00.